The summed E-state index contributed by atoms with van der Waals surface area (Å²) in [6.07, 6.45) is 3.60. The molecule has 0 N–H and O–H groups in total. The second-order valence-corrected chi connectivity index (χ2v) is 4.80. The summed E-state index contributed by atoms with van der Waals surface area (Å²) in [4.78, 5) is 13.6. The minimum absolute atomic E-state index is 0.249. The van der Waals surface area contributed by atoms with E-state index < -0.39 is 5.97 Å². The molecule has 1 aliphatic heterocycles. The van der Waals surface area contributed by atoms with Crippen LogP contribution in [0.25, 0.3) is 0 Å². The fourth-order valence-electron chi connectivity index (χ4n) is 2.55. The number of rotatable bonds is 2. The SMILES string of the molecule is COC(=O)c1ccc(N2[C@@H](C)CCC[C@@H]2C)nn1. The van der Waals surface area contributed by atoms with Gasteiger partial charge < -0.3 is 9.64 Å². The zero-order valence-corrected chi connectivity index (χ0v) is 11.1. The summed E-state index contributed by atoms with van der Waals surface area (Å²) in [6.45, 7) is 4.40. The first-order chi connectivity index (χ1) is 8.63. The molecule has 5 nitrogen and oxygen atoms in total. The van der Waals surface area contributed by atoms with Gasteiger partial charge in [-0.2, -0.15) is 0 Å². The minimum atomic E-state index is -0.450. The molecule has 2 atom stereocenters. The van der Waals surface area contributed by atoms with Crippen molar-refractivity contribution < 1.29 is 9.53 Å². The molecule has 1 aromatic rings. The molecule has 0 bridgehead atoms. The van der Waals surface area contributed by atoms with E-state index >= 15 is 0 Å². The Morgan fingerprint density at radius 3 is 2.44 bits per heavy atom. The highest BCUT2D eigenvalue weighted by Gasteiger charge is 2.26. The normalized spacial score (nSPS) is 23.8. The third-order valence-electron chi connectivity index (χ3n) is 3.50. The van der Waals surface area contributed by atoms with Crippen LogP contribution in [0.15, 0.2) is 12.1 Å². The van der Waals surface area contributed by atoms with Gasteiger partial charge in [-0.05, 0) is 45.2 Å². The van der Waals surface area contributed by atoms with E-state index in [1.165, 1.54) is 26.4 Å². The molecular formula is C13H19N3O2. The lowest BCUT2D eigenvalue weighted by molar-refractivity contribution is 0.0592. The Kier molecular flexibility index (Phi) is 3.79. The maximum Gasteiger partial charge on any atom is 0.358 e. The molecule has 0 aliphatic carbocycles. The number of hydrogen-bond acceptors (Lipinski definition) is 5. The highest BCUT2D eigenvalue weighted by atomic mass is 16.5. The topological polar surface area (TPSA) is 55.3 Å². The van der Waals surface area contributed by atoms with Gasteiger partial charge in [0.1, 0.15) is 0 Å². The van der Waals surface area contributed by atoms with Crippen LogP contribution in [-0.4, -0.2) is 35.4 Å². The van der Waals surface area contributed by atoms with Gasteiger partial charge in [0.15, 0.2) is 11.5 Å². The lowest BCUT2D eigenvalue weighted by atomic mass is 9.97. The maximum absolute atomic E-state index is 11.3. The Balaban J connectivity index is 2.20. The molecule has 1 fully saturated rings. The second-order valence-electron chi connectivity index (χ2n) is 4.80. The minimum Gasteiger partial charge on any atom is -0.464 e. The molecule has 0 radical (unpaired) electrons. The van der Waals surface area contributed by atoms with Crippen molar-refractivity contribution in [2.75, 3.05) is 12.0 Å². The monoisotopic (exact) mass is 249 g/mol. The van der Waals surface area contributed by atoms with Gasteiger partial charge in [0, 0.05) is 12.1 Å². The van der Waals surface area contributed by atoms with Crippen molar-refractivity contribution in [2.45, 2.75) is 45.2 Å². The van der Waals surface area contributed by atoms with Gasteiger partial charge in [0.2, 0.25) is 0 Å². The number of carbonyl (C=O) groups is 1. The number of methoxy groups -OCH3 is 1. The van der Waals surface area contributed by atoms with E-state index in [0.29, 0.717) is 12.1 Å². The van der Waals surface area contributed by atoms with Crippen molar-refractivity contribution in [1.29, 1.82) is 0 Å². The van der Waals surface area contributed by atoms with Gasteiger partial charge in [0.25, 0.3) is 0 Å². The summed E-state index contributed by atoms with van der Waals surface area (Å²) in [5.74, 6) is 0.385. The Bertz CT molecular complexity index is 409. The Morgan fingerprint density at radius 1 is 1.28 bits per heavy atom. The summed E-state index contributed by atoms with van der Waals surface area (Å²) in [6, 6.07) is 4.44. The van der Waals surface area contributed by atoms with Gasteiger partial charge in [-0.3, -0.25) is 0 Å². The van der Waals surface area contributed by atoms with Gasteiger partial charge in [0.05, 0.1) is 7.11 Å². The van der Waals surface area contributed by atoms with Crippen LogP contribution in [0.1, 0.15) is 43.6 Å². The molecule has 1 aromatic heterocycles. The molecule has 18 heavy (non-hydrogen) atoms. The van der Waals surface area contributed by atoms with Crippen molar-refractivity contribution >= 4 is 11.8 Å². The highest BCUT2D eigenvalue weighted by molar-refractivity contribution is 5.86. The zero-order chi connectivity index (χ0) is 13.1. The largest absolute Gasteiger partial charge is 0.464 e. The average molecular weight is 249 g/mol. The Hall–Kier alpha value is -1.65. The number of nitrogens with zero attached hydrogens (tertiary/aromatic N) is 3. The maximum atomic E-state index is 11.3. The molecule has 1 aliphatic rings. The van der Waals surface area contributed by atoms with E-state index in [0.717, 1.165) is 5.82 Å². The van der Waals surface area contributed by atoms with Crippen LogP contribution in [0.4, 0.5) is 5.82 Å². The van der Waals surface area contributed by atoms with E-state index in [4.69, 9.17) is 0 Å². The van der Waals surface area contributed by atoms with Crippen LogP contribution >= 0.6 is 0 Å². The molecule has 0 saturated carbocycles. The first-order valence-electron chi connectivity index (χ1n) is 6.34. The third-order valence-corrected chi connectivity index (χ3v) is 3.50. The summed E-state index contributed by atoms with van der Waals surface area (Å²) in [5, 5.41) is 8.07. The van der Waals surface area contributed by atoms with E-state index in [-0.39, 0.29) is 5.69 Å². The third kappa shape index (κ3) is 2.44. The lowest BCUT2D eigenvalue weighted by Gasteiger charge is -2.39. The van der Waals surface area contributed by atoms with Gasteiger partial charge >= 0.3 is 5.97 Å². The first-order valence-corrected chi connectivity index (χ1v) is 6.34. The van der Waals surface area contributed by atoms with Crippen molar-refractivity contribution in [1.82, 2.24) is 10.2 Å². The fourth-order valence-corrected chi connectivity index (χ4v) is 2.55. The summed E-state index contributed by atoms with van der Waals surface area (Å²) in [5.41, 5.74) is 0.249. The average Bonchev–Trinajstić information content (AvgIpc) is 2.38. The molecule has 0 amide bonds. The van der Waals surface area contributed by atoms with Crippen LogP contribution in [0.5, 0.6) is 0 Å². The lowest BCUT2D eigenvalue weighted by Crippen LogP contribution is -2.44. The fraction of sp³-hybridized carbons (Fsp3) is 0.615. The van der Waals surface area contributed by atoms with Crippen LogP contribution < -0.4 is 4.90 Å². The number of anilines is 1. The number of ether oxygens (including phenoxy) is 1. The smallest absolute Gasteiger partial charge is 0.358 e. The molecule has 98 valence electrons. The van der Waals surface area contributed by atoms with Gasteiger partial charge in [-0.1, -0.05) is 0 Å². The van der Waals surface area contributed by atoms with Crippen molar-refractivity contribution in [2.24, 2.45) is 0 Å². The summed E-state index contributed by atoms with van der Waals surface area (Å²) >= 11 is 0. The van der Waals surface area contributed by atoms with Crippen molar-refractivity contribution in [3.05, 3.63) is 17.8 Å². The number of carbonyl (C=O) groups excluding carboxylic acids is 1. The molecule has 1 saturated heterocycles. The van der Waals surface area contributed by atoms with Gasteiger partial charge in [-0.25, -0.2) is 4.79 Å². The zero-order valence-electron chi connectivity index (χ0n) is 11.1. The molecular weight excluding hydrogens is 230 g/mol. The molecule has 0 unspecified atom stereocenters. The number of hydrogen-bond donors (Lipinski definition) is 0. The Morgan fingerprint density at radius 2 is 1.94 bits per heavy atom. The van der Waals surface area contributed by atoms with Crippen molar-refractivity contribution in [3.8, 4) is 0 Å². The summed E-state index contributed by atoms with van der Waals surface area (Å²) in [7, 11) is 1.34. The summed E-state index contributed by atoms with van der Waals surface area (Å²) < 4.78 is 4.61. The quantitative estimate of drug-likeness (QED) is 0.751. The van der Waals surface area contributed by atoms with Crippen molar-refractivity contribution in [3.63, 3.8) is 0 Å². The standard InChI is InChI=1S/C13H19N3O2/c1-9-5-4-6-10(2)16(9)12-8-7-11(14-15-12)13(17)18-3/h7-10H,4-6H2,1-3H3/t9-,10-/m0/s1. The van der Waals surface area contributed by atoms with E-state index in [9.17, 15) is 4.79 Å². The predicted octanol–water partition coefficient (Wildman–Crippen LogP) is 2.03. The molecule has 5 heteroatoms. The molecule has 2 heterocycles. The van der Waals surface area contributed by atoms with Crippen LogP contribution in [0, 0.1) is 0 Å². The molecule has 0 spiro atoms. The number of piperidine rings is 1. The van der Waals surface area contributed by atoms with Crippen LogP contribution in [-0.2, 0) is 4.74 Å². The van der Waals surface area contributed by atoms with Crippen LogP contribution in [0.3, 0.4) is 0 Å². The molecule has 0 aromatic carbocycles. The highest BCUT2D eigenvalue weighted by Crippen LogP contribution is 2.27. The molecule has 2 rings (SSSR count). The second kappa shape index (κ2) is 5.33. The van der Waals surface area contributed by atoms with Gasteiger partial charge in [-0.15, -0.1) is 10.2 Å². The van der Waals surface area contributed by atoms with Crippen LogP contribution in [0.2, 0.25) is 0 Å². The van der Waals surface area contributed by atoms with E-state index in [2.05, 4.69) is 33.7 Å². The predicted molar refractivity (Wildman–Crippen MR) is 68.6 cm³/mol. The van der Waals surface area contributed by atoms with E-state index in [1.807, 2.05) is 6.07 Å². The van der Waals surface area contributed by atoms with E-state index in [1.54, 1.807) is 6.07 Å². The number of esters is 1. The number of aromatic nitrogens is 2. The Labute approximate surface area is 107 Å². The first kappa shape index (κ1) is 12.8.